The minimum absolute atomic E-state index is 0.244. The number of rotatable bonds is 6. The van der Waals surface area contributed by atoms with Crippen molar-refractivity contribution in [2.75, 3.05) is 6.61 Å². The van der Waals surface area contributed by atoms with Crippen molar-refractivity contribution in [2.45, 2.75) is 38.8 Å². The first kappa shape index (κ1) is 14.0. The van der Waals surface area contributed by atoms with Gasteiger partial charge in [0.1, 0.15) is 0 Å². The van der Waals surface area contributed by atoms with Gasteiger partial charge in [-0.05, 0) is 36.1 Å². The Morgan fingerprint density at radius 1 is 1.11 bits per heavy atom. The zero-order valence-electron chi connectivity index (χ0n) is 11.8. The minimum atomic E-state index is 0.244. The zero-order chi connectivity index (χ0) is 13.7. The predicted molar refractivity (Wildman–Crippen MR) is 81.3 cm³/mol. The summed E-state index contributed by atoms with van der Waals surface area (Å²) in [6.45, 7) is 4.60. The lowest BCUT2D eigenvalue weighted by Gasteiger charge is -2.23. The number of hydrogen-bond acceptors (Lipinski definition) is 2. The van der Waals surface area contributed by atoms with Gasteiger partial charge in [0.25, 0.3) is 0 Å². The third-order valence-electron chi connectivity index (χ3n) is 3.75. The van der Waals surface area contributed by atoms with Gasteiger partial charge in [-0.25, -0.2) is 0 Å². The molecule has 0 radical (unpaired) electrons. The van der Waals surface area contributed by atoms with Crippen LogP contribution in [0.1, 0.15) is 38.3 Å². The van der Waals surface area contributed by atoms with E-state index in [0.717, 1.165) is 12.8 Å². The van der Waals surface area contributed by atoms with Crippen molar-refractivity contribution in [1.82, 2.24) is 5.32 Å². The Bertz CT molecular complexity index is 518. The van der Waals surface area contributed by atoms with Crippen LogP contribution in [0.15, 0.2) is 42.5 Å². The van der Waals surface area contributed by atoms with E-state index in [4.69, 9.17) is 5.11 Å². The second-order valence-corrected chi connectivity index (χ2v) is 5.07. The molecule has 2 atom stereocenters. The average molecular weight is 257 g/mol. The summed E-state index contributed by atoms with van der Waals surface area (Å²) in [7, 11) is 0. The van der Waals surface area contributed by atoms with E-state index in [-0.39, 0.29) is 6.61 Å². The fraction of sp³-hybridized carbons (Fsp3) is 0.412. The van der Waals surface area contributed by atoms with Crippen LogP contribution < -0.4 is 5.32 Å². The van der Waals surface area contributed by atoms with Gasteiger partial charge in [0.15, 0.2) is 0 Å². The molecule has 0 bridgehead atoms. The van der Waals surface area contributed by atoms with E-state index >= 15 is 0 Å². The van der Waals surface area contributed by atoms with Crippen LogP contribution in [0, 0.1) is 0 Å². The van der Waals surface area contributed by atoms with Crippen molar-refractivity contribution in [3.8, 4) is 0 Å². The number of hydrogen-bond donors (Lipinski definition) is 2. The first-order valence-corrected chi connectivity index (χ1v) is 7.10. The fourth-order valence-electron chi connectivity index (χ4n) is 2.63. The SMILES string of the molecule is CCC(CCO)NC(C)c1cccc2ccccc12. The van der Waals surface area contributed by atoms with Crippen molar-refractivity contribution in [2.24, 2.45) is 0 Å². The first-order chi connectivity index (χ1) is 9.26. The molecule has 0 saturated heterocycles. The number of benzene rings is 2. The molecule has 19 heavy (non-hydrogen) atoms. The van der Waals surface area contributed by atoms with Gasteiger partial charge in [0.05, 0.1) is 0 Å². The molecule has 0 aliphatic heterocycles. The van der Waals surface area contributed by atoms with Gasteiger partial charge in [-0.15, -0.1) is 0 Å². The van der Waals surface area contributed by atoms with Crippen LogP contribution in [0.2, 0.25) is 0 Å². The van der Waals surface area contributed by atoms with Gasteiger partial charge >= 0.3 is 0 Å². The van der Waals surface area contributed by atoms with Crippen molar-refractivity contribution in [3.63, 3.8) is 0 Å². The molecular formula is C17H23NO. The summed E-state index contributed by atoms with van der Waals surface area (Å²) in [4.78, 5) is 0. The number of fused-ring (bicyclic) bond motifs is 1. The Morgan fingerprint density at radius 3 is 2.58 bits per heavy atom. The Labute approximate surface area is 115 Å². The molecule has 2 N–H and O–H groups in total. The van der Waals surface area contributed by atoms with Gasteiger partial charge in [-0.2, -0.15) is 0 Å². The largest absolute Gasteiger partial charge is 0.396 e. The normalized spacial score (nSPS) is 14.5. The highest BCUT2D eigenvalue weighted by molar-refractivity contribution is 5.86. The Morgan fingerprint density at radius 2 is 1.84 bits per heavy atom. The topological polar surface area (TPSA) is 32.3 Å². The Hall–Kier alpha value is -1.38. The second-order valence-electron chi connectivity index (χ2n) is 5.07. The zero-order valence-corrected chi connectivity index (χ0v) is 11.8. The van der Waals surface area contributed by atoms with Crippen molar-refractivity contribution in [3.05, 3.63) is 48.0 Å². The van der Waals surface area contributed by atoms with Gasteiger partial charge in [-0.3, -0.25) is 0 Å². The molecule has 0 aromatic heterocycles. The van der Waals surface area contributed by atoms with Crippen LogP contribution >= 0.6 is 0 Å². The molecule has 0 saturated carbocycles. The number of aliphatic hydroxyl groups is 1. The van der Waals surface area contributed by atoms with E-state index in [1.165, 1.54) is 16.3 Å². The maximum Gasteiger partial charge on any atom is 0.0445 e. The van der Waals surface area contributed by atoms with Gasteiger partial charge in [0.2, 0.25) is 0 Å². The monoisotopic (exact) mass is 257 g/mol. The summed E-state index contributed by atoms with van der Waals surface area (Å²) in [6, 6.07) is 15.6. The lowest BCUT2D eigenvalue weighted by Crippen LogP contribution is -2.31. The maximum absolute atomic E-state index is 9.08. The van der Waals surface area contributed by atoms with Crippen LogP contribution in [-0.2, 0) is 0 Å². The lowest BCUT2D eigenvalue weighted by molar-refractivity contribution is 0.257. The first-order valence-electron chi connectivity index (χ1n) is 7.10. The van der Waals surface area contributed by atoms with Crippen LogP contribution in [0.5, 0.6) is 0 Å². The summed E-state index contributed by atoms with van der Waals surface area (Å²) >= 11 is 0. The third kappa shape index (κ3) is 3.34. The van der Waals surface area contributed by atoms with Crippen LogP contribution in [0.25, 0.3) is 10.8 Å². The number of nitrogens with one attached hydrogen (secondary N) is 1. The molecule has 0 fully saturated rings. The number of aliphatic hydroxyl groups excluding tert-OH is 1. The minimum Gasteiger partial charge on any atom is -0.396 e. The highest BCUT2D eigenvalue weighted by atomic mass is 16.3. The van der Waals surface area contributed by atoms with E-state index in [0.29, 0.717) is 12.1 Å². The van der Waals surface area contributed by atoms with E-state index in [9.17, 15) is 0 Å². The molecule has 0 heterocycles. The highest BCUT2D eigenvalue weighted by Gasteiger charge is 2.13. The summed E-state index contributed by atoms with van der Waals surface area (Å²) in [6.07, 6.45) is 1.85. The van der Waals surface area contributed by atoms with Crippen LogP contribution in [0.4, 0.5) is 0 Å². The predicted octanol–water partition coefficient (Wildman–Crippen LogP) is 3.65. The lowest BCUT2D eigenvalue weighted by atomic mass is 9.98. The molecular weight excluding hydrogens is 234 g/mol. The quantitative estimate of drug-likeness (QED) is 0.828. The molecule has 102 valence electrons. The second kappa shape index (κ2) is 6.69. The molecule has 2 nitrogen and oxygen atoms in total. The Balaban J connectivity index is 2.23. The van der Waals surface area contributed by atoms with E-state index < -0.39 is 0 Å². The summed E-state index contributed by atoms with van der Waals surface area (Å²) < 4.78 is 0. The molecule has 0 aliphatic rings. The summed E-state index contributed by atoms with van der Waals surface area (Å²) in [5.41, 5.74) is 1.33. The van der Waals surface area contributed by atoms with Crippen molar-refractivity contribution in [1.29, 1.82) is 0 Å². The molecule has 2 aromatic carbocycles. The molecule has 2 rings (SSSR count). The Kier molecular flexibility index (Phi) is 4.94. The average Bonchev–Trinajstić information content (AvgIpc) is 2.46. The summed E-state index contributed by atoms with van der Waals surface area (Å²) in [5.74, 6) is 0. The third-order valence-corrected chi connectivity index (χ3v) is 3.75. The molecule has 2 heteroatoms. The van der Waals surface area contributed by atoms with Gasteiger partial charge in [-0.1, -0.05) is 49.4 Å². The molecule has 0 spiro atoms. The van der Waals surface area contributed by atoms with Crippen molar-refractivity contribution >= 4 is 10.8 Å². The smallest absolute Gasteiger partial charge is 0.0445 e. The van der Waals surface area contributed by atoms with Crippen LogP contribution in [-0.4, -0.2) is 17.8 Å². The standard InChI is InChI=1S/C17H23NO/c1-3-15(11-12-19)18-13(2)16-10-6-8-14-7-4-5-9-17(14)16/h4-10,13,15,18-19H,3,11-12H2,1-2H3. The van der Waals surface area contributed by atoms with E-state index in [1.807, 2.05) is 0 Å². The molecule has 2 unspecified atom stereocenters. The van der Waals surface area contributed by atoms with E-state index in [2.05, 4.69) is 61.6 Å². The van der Waals surface area contributed by atoms with E-state index in [1.54, 1.807) is 0 Å². The molecule has 2 aromatic rings. The van der Waals surface area contributed by atoms with Crippen LogP contribution in [0.3, 0.4) is 0 Å². The highest BCUT2D eigenvalue weighted by Crippen LogP contribution is 2.24. The molecule has 0 amide bonds. The van der Waals surface area contributed by atoms with Gasteiger partial charge < -0.3 is 10.4 Å². The van der Waals surface area contributed by atoms with Crippen molar-refractivity contribution < 1.29 is 5.11 Å². The van der Waals surface area contributed by atoms with Gasteiger partial charge in [0, 0.05) is 18.7 Å². The summed E-state index contributed by atoms with van der Waals surface area (Å²) in [5, 5.41) is 15.3. The molecule has 0 aliphatic carbocycles. The fourth-order valence-corrected chi connectivity index (χ4v) is 2.63. The maximum atomic E-state index is 9.08.